The number of anilines is 1. The lowest BCUT2D eigenvalue weighted by molar-refractivity contribution is -0.136. The predicted octanol–water partition coefficient (Wildman–Crippen LogP) is 4.52. The zero-order chi connectivity index (χ0) is 26.7. The zero-order valence-corrected chi connectivity index (χ0v) is 20.7. The summed E-state index contributed by atoms with van der Waals surface area (Å²) >= 11 is 0. The molecule has 0 aliphatic carbocycles. The number of ether oxygens (including phenoxy) is 2. The van der Waals surface area contributed by atoms with Gasteiger partial charge in [0.25, 0.3) is 11.7 Å². The van der Waals surface area contributed by atoms with Crippen molar-refractivity contribution in [1.82, 2.24) is 0 Å². The second-order valence-electron chi connectivity index (χ2n) is 8.57. The second-order valence-corrected chi connectivity index (χ2v) is 8.57. The van der Waals surface area contributed by atoms with E-state index in [1.54, 1.807) is 42.5 Å². The summed E-state index contributed by atoms with van der Waals surface area (Å²) in [7, 11) is 2.92. The Labute approximate surface area is 214 Å². The van der Waals surface area contributed by atoms with Gasteiger partial charge in [0, 0.05) is 5.69 Å². The van der Waals surface area contributed by atoms with Crippen LogP contribution < -0.4 is 14.4 Å². The molecule has 1 aliphatic heterocycles. The molecule has 3 aromatic rings. The van der Waals surface area contributed by atoms with Crippen LogP contribution in [0.25, 0.3) is 5.76 Å². The molecule has 8 heteroatoms. The number of carbonyl (C=O) groups excluding carboxylic acids is 2. The molecule has 4 rings (SSSR count). The number of Topliss-reactive ketones (excluding diaryl/α,β-unsaturated/α-hetero) is 1. The molecule has 2 N–H and O–H groups in total. The molecule has 0 radical (unpaired) electrons. The molecule has 1 amide bonds. The van der Waals surface area contributed by atoms with Crippen molar-refractivity contribution in [3.05, 3.63) is 94.6 Å². The van der Waals surface area contributed by atoms with Crippen LogP contribution in [-0.4, -0.2) is 42.1 Å². The van der Waals surface area contributed by atoms with E-state index in [9.17, 15) is 19.5 Å². The van der Waals surface area contributed by atoms with Gasteiger partial charge in [0.15, 0.2) is 0 Å². The standard InChI is InChI=1S/C29H27NO7/c1-4-17-5-9-19(10-6-17)26-25(27(33)22-16-21(36-2)13-14-23(22)37-3)28(34)29(35)30(26)20-11-7-18(8-12-20)15-24(31)32/h5-14,16,26,33H,4,15H2,1-3H3,(H,31,32)/b27-25+. The van der Waals surface area contributed by atoms with Gasteiger partial charge < -0.3 is 19.7 Å². The maximum absolute atomic E-state index is 13.4. The molecule has 1 atom stereocenters. The van der Waals surface area contributed by atoms with Crippen LogP contribution in [0.2, 0.25) is 0 Å². The van der Waals surface area contributed by atoms with Crippen molar-refractivity contribution >= 4 is 29.1 Å². The van der Waals surface area contributed by atoms with E-state index in [0.717, 1.165) is 12.0 Å². The van der Waals surface area contributed by atoms with E-state index in [4.69, 9.17) is 14.6 Å². The molecular weight excluding hydrogens is 474 g/mol. The molecule has 8 nitrogen and oxygen atoms in total. The highest BCUT2D eigenvalue weighted by atomic mass is 16.5. The van der Waals surface area contributed by atoms with Crippen LogP contribution in [-0.2, 0) is 27.2 Å². The highest BCUT2D eigenvalue weighted by Crippen LogP contribution is 2.43. The lowest BCUT2D eigenvalue weighted by Crippen LogP contribution is -2.29. The van der Waals surface area contributed by atoms with Crippen LogP contribution in [0, 0.1) is 0 Å². The summed E-state index contributed by atoms with van der Waals surface area (Å²) in [6, 6.07) is 17.8. The molecule has 1 heterocycles. The van der Waals surface area contributed by atoms with Crippen molar-refractivity contribution in [3.63, 3.8) is 0 Å². The maximum atomic E-state index is 13.4. The second kappa shape index (κ2) is 10.6. The molecule has 0 saturated carbocycles. The molecule has 1 saturated heterocycles. The fourth-order valence-corrected chi connectivity index (χ4v) is 4.44. The van der Waals surface area contributed by atoms with Crippen LogP contribution in [0.4, 0.5) is 5.69 Å². The van der Waals surface area contributed by atoms with Crippen LogP contribution in [0.15, 0.2) is 72.3 Å². The van der Waals surface area contributed by atoms with Crippen molar-refractivity contribution in [1.29, 1.82) is 0 Å². The lowest BCUT2D eigenvalue weighted by atomic mass is 9.94. The topological polar surface area (TPSA) is 113 Å². The number of nitrogens with zero attached hydrogens (tertiary/aromatic N) is 1. The Bertz CT molecular complexity index is 1370. The third-order valence-corrected chi connectivity index (χ3v) is 6.38. The lowest BCUT2D eigenvalue weighted by Gasteiger charge is -2.26. The Morgan fingerprint density at radius 1 is 0.892 bits per heavy atom. The number of hydrogen-bond donors (Lipinski definition) is 2. The van der Waals surface area contributed by atoms with Crippen LogP contribution in [0.3, 0.4) is 0 Å². The van der Waals surface area contributed by atoms with Crippen LogP contribution in [0.5, 0.6) is 11.5 Å². The fraction of sp³-hybridized carbons (Fsp3) is 0.207. The number of amides is 1. The SMILES string of the molecule is CCc1ccc(C2/C(=C(\O)c3cc(OC)ccc3OC)C(=O)C(=O)N2c2ccc(CC(=O)O)cc2)cc1. The summed E-state index contributed by atoms with van der Waals surface area (Å²) in [4.78, 5) is 39.2. The first-order chi connectivity index (χ1) is 17.8. The molecule has 0 aromatic heterocycles. The minimum absolute atomic E-state index is 0.0876. The Morgan fingerprint density at radius 2 is 1.54 bits per heavy atom. The van der Waals surface area contributed by atoms with Gasteiger partial charge in [-0.15, -0.1) is 0 Å². The van der Waals surface area contributed by atoms with E-state index >= 15 is 0 Å². The van der Waals surface area contributed by atoms with E-state index < -0.39 is 23.7 Å². The van der Waals surface area contributed by atoms with Crippen LogP contribution in [0.1, 0.15) is 35.2 Å². The number of methoxy groups -OCH3 is 2. The number of aliphatic carboxylic acids is 1. The van der Waals surface area contributed by atoms with Crippen molar-refractivity contribution in [2.75, 3.05) is 19.1 Å². The van der Waals surface area contributed by atoms with E-state index in [1.807, 2.05) is 31.2 Å². The molecule has 190 valence electrons. The Morgan fingerprint density at radius 3 is 2.11 bits per heavy atom. The first kappa shape index (κ1) is 25.5. The summed E-state index contributed by atoms with van der Waals surface area (Å²) in [5, 5.41) is 20.5. The number of aliphatic hydroxyl groups excluding tert-OH is 1. The van der Waals surface area contributed by atoms with Gasteiger partial charge in [-0.05, 0) is 53.4 Å². The number of carboxylic acids is 1. The van der Waals surface area contributed by atoms with Crippen molar-refractivity contribution < 1.29 is 34.1 Å². The smallest absolute Gasteiger partial charge is 0.307 e. The number of benzene rings is 3. The molecule has 3 aromatic carbocycles. The highest BCUT2D eigenvalue weighted by molar-refractivity contribution is 6.51. The number of ketones is 1. The molecule has 1 aliphatic rings. The van der Waals surface area contributed by atoms with Gasteiger partial charge in [-0.1, -0.05) is 43.3 Å². The van der Waals surface area contributed by atoms with Gasteiger partial charge in [0.1, 0.15) is 17.3 Å². The normalized spacial score (nSPS) is 16.6. The largest absolute Gasteiger partial charge is 0.507 e. The van der Waals surface area contributed by atoms with E-state index in [1.165, 1.54) is 19.1 Å². The van der Waals surface area contributed by atoms with Gasteiger partial charge >= 0.3 is 5.97 Å². The predicted molar refractivity (Wildman–Crippen MR) is 138 cm³/mol. The van der Waals surface area contributed by atoms with Crippen molar-refractivity contribution in [2.45, 2.75) is 25.8 Å². The molecule has 1 fully saturated rings. The van der Waals surface area contributed by atoms with Crippen molar-refractivity contribution in [3.8, 4) is 11.5 Å². The third-order valence-electron chi connectivity index (χ3n) is 6.38. The summed E-state index contributed by atoms with van der Waals surface area (Å²) in [6.45, 7) is 2.02. The highest BCUT2D eigenvalue weighted by Gasteiger charge is 2.47. The van der Waals surface area contributed by atoms with Gasteiger partial charge in [0.2, 0.25) is 0 Å². The quantitative estimate of drug-likeness (QED) is 0.265. The summed E-state index contributed by atoms with van der Waals surface area (Å²) in [5.41, 5.74) is 2.79. The number of hydrogen-bond acceptors (Lipinski definition) is 6. The first-order valence-electron chi connectivity index (χ1n) is 11.7. The Balaban J connectivity index is 1.92. The van der Waals surface area contributed by atoms with Gasteiger partial charge in [0.05, 0.1) is 37.8 Å². The minimum Gasteiger partial charge on any atom is -0.507 e. The third kappa shape index (κ3) is 4.91. The first-order valence-corrected chi connectivity index (χ1v) is 11.7. The number of rotatable bonds is 8. The molecule has 0 spiro atoms. The van der Waals surface area contributed by atoms with E-state index in [2.05, 4.69) is 0 Å². The number of aryl methyl sites for hydroxylation is 1. The number of aliphatic hydroxyl groups is 1. The molecule has 1 unspecified atom stereocenters. The average molecular weight is 502 g/mol. The maximum Gasteiger partial charge on any atom is 0.307 e. The molecular formula is C29H27NO7. The summed E-state index contributed by atoms with van der Waals surface area (Å²) in [6.07, 6.45) is 0.642. The minimum atomic E-state index is -0.976. The molecule has 37 heavy (non-hydrogen) atoms. The zero-order valence-electron chi connectivity index (χ0n) is 20.7. The van der Waals surface area contributed by atoms with Gasteiger partial charge in [-0.2, -0.15) is 0 Å². The van der Waals surface area contributed by atoms with Crippen LogP contribution >= 0.6 is 0 Å². The number of carbonyl (C=O) groups is 3. The van der Waals surface area contributed by atoms with Gasteiger partial charge in [-0.3, -0.25) is 19.3 Å². The molecule has 0 bridgehead atoms. The average Bonchev–Trinajstić information content (AvgIpc) is 3.18. The van der Waals surface area contributed by atoms with Gasteiger partial charge in [-0.25, -0.2) is 0 Å². The van der Waals surface area contributed by atoms with E-state index in [-0.39, 0.29) is 23.3 Å². The monoisotopic (exact) mass is 501 g/mol. The number of carboxylic acid groups (broad SMARTS) is 1. The fourth-order valence-electron chi connectivity index (χ4n) is 4.44. The van der Waals surface area contributed by atoms with Crippen molar-refractivity contribution in [2.24, 2.45) is 0 Å². The summed E-state index contributed by atoms with van der Waals surface area (Å²) in [5.74, 6) is -2.27. The Hall–Kier alpha value is -4.59. The Kier molecular flexibility index (Phi) is 7.29. The summed E-state index contributed by atoms with van der Waals surface area (Å²) < 4.78 is 10.7. The van der Waals surface area contributed by atoms with E-state index in [0.29, 0.717) is 28.3 Å².